The molecule has 6 heteroatoms. The van der Waals surface area contributed by atoms with Gasteiger partial charge in [0.2, 0.25) is 0 Å². The summed E-state index contributed by atoms with van der Waals surface area (Å²) in [5.41, 5.74) is 5.48. The highest BCUT2D eigenvalue weighted by Gasteiger charge is 2.17. The smallest absolute Gasteiger partial charge is 0.161 e. The summed E-state index contributed by atoms with van der Waals surface area (Å²) in [5, 5.41) is 4.18. The molecule has 4 nitrogen and oxygen atoms in total. The zero-order chi connectivity index (χ0) is 13.4. The largest absolute Gasteiger partial charge is 0.396 e. The van der Waals surface area contributed by atoms with Crippen molar-refractivity contribution in [1.29, 1.82) is 0 Å². The number of aryl methyl sites for hydroxylation is 1. The molecule has 0 saturated heterocycles. The Kier molecular flexibility index (Phi) is 3.02. The van der Waals surface area contributed by atoms with Crippen LogP contribution in [0.5, 0.6) is 0 Å². The first kappa shape index (κ1) is 12.5. The number of nitrogen functional groups attached to an aromatic ring is 1. The maximum absolute atomic E-state index is 13.7. The Labute approximate surface area is 103 Å². The van der Waals surface area contributed by atoms with Gasteiger partial charge in [-0.3, -0.25) is 0 Å². The van der Waals surface area contributed by atoms with E-state index in [0.29, 0.717) is 11.6 Å². The lowest BCUT2D eigenvalue weighted by Crippen LogP contribution is -2.00. The molecule has 0 saturated carbocycles. The highest BCUT2D eigenvalue weighted by atomic mass is 19.1. The molecule has 0 aliphatic carbocycles. The molecule has 0 unspecified atom stereocenters. The third kappa shape index (κ3) is 2.05. The van der Waals surface area contributed by atoms with Crippen LogP contribution >= 0.6 is 0 Å². The fourth-order valence-corrected chi connectivity index (χ4v) is 1.62. The molecule has 0 fully saturated rings. The van der Waals surface area contributed by atoms with Crippen molar-refractivity contribution in [2.45, 2.75) is 19.8 Å². The van der Waals surface area contributed by atoms with Gasteiger partial charge in [-0.25, -0.2) is 18.4 Å². The van der Waals surface area contributed by atoms with Gasteiger partial charge in [0, 0.05) is 19.0 Å². The van der Waals surface area contributed by atoms with E-state index in [-0.39, 0.29) is 17.2 Å². The summed E-state index contributed by atoms with van der Waals surface area (Å²) in [6.45, 7) is 3.88. The molecule has 0 aliphatic heterocycles. The number of nitrogens with zero attached hydrogens (tertiary/aromatic N) is 3. The first-order valence-electron chi connectivity index (χ1n) is 5.56. The number of hydrogen-bond donors (Lipinski definition) is 1. The average Bonchev–Trinajstić information content (AvgIpc) is 2.66. The maximum Gasteiger partial charge on any atom is 0.161 e. The van der Waals surface area contributed by atoms with E-state index in [1.54, 1.807) is 7.05 Å². The molecule has 0 atom stereocenters. The van der Waals surface area contributed by atoms with Crippen molar-refractivity contribution < 1.29 is 8.78 Å². The monoisotopic (exact) mass is 252 g/mol. The van der Waals surface area contributed by atoms with Crippen molar-refractivity contribution >= 4 is 5.69 Å². The van der Waals surface area contributed by atoms with E-state index in [4.69, 9.17) is 5.73 Å². The second-order valence-electron chi connectivity index (χ2n) is 4.43. The van der Waals surface area contributed by atoms with Gasteiger partial charge in [-0.15, -0.1) is 0 Å². The van der Waals surface area contributed by atoms with Crippen molar-refractivity contribution in [3.63, 3.8) is 0 Å². The van der Waals surface area contributed by atoms with Crippen molar-refractivity contribution in [2.75, 3.05) is 5.73 Å². The predicted molar refractivity (Wildman–Crippen MR) is 64.9 cm³/mol. The highest BCUT2D eigenvalue weighted by Crippen LogP contribution is 2.26. The molecule has 18 heavy (non-hydrogen) atoms. The van der Waals surface area contributed by atoms with Crippen LogP contribution in [0.4, 0.5) is 14.5 Å². The topological polar surface area (TPSA) is 56.7 Å². The number of benzene rings is 1. The minimum atomic E-state index is -0.775. The fraction of sp³-hybridized carbons (Fsp3) is 0.333. The minimum Gasteiger partial charge on any atom is -0.396 e. The number of halogens is 2. The first-order chi connectivity index (χ1) is 8.40. The van der Waals surface area contributed by atoms with Gasteiger partial charge in [-0.05, 0) is 6.07 Å². The highest BCUT2D eigenvalue weighted by molar-refractivity contribution is 5.62. The van der Waals surface area contributed by atoms with Gasteiger partial charge in [0.25, 0.3) is 0 Å². The van der Waals surface area contributed by atoms with Crippen LogP contribution in [0.15, 0.2) is 12.1 Å². The zero-order valence-corrected chi connectivity index (χ0v) is 10.4. The van der Waals surface area contributed by atoms with Gasteiger partial charge in [-0.2, -0.15) is 5.10 Å². The minimum absolute atomic E-state index is 0.111. The van der Waals surface area contributed by atoms with Crippen LogP contribution in [0.2, 0.25) is 0 Å². The van der Waals surface area contributed by atoms with E-state index in [0.717, 1.165) is 6.07 Å². The van der Waals surface area contributed by atoms with E-state index in [9.17, 15) is 8.78 Å². The summed E-state index contributed by atoms with van der Waals surface area (Å²) in [6, 6.07) is 1.99. The van der Waals surface area contributed by atoms with Gasteiger partial charge in [0.05, 0.1) is 11.3 Å². The SMILES string of the molecule is CC(C)c1nc(-c2cc(N)c(F)cc2F)n(C)n1. The molecule has 1 aromatic heterocycles. The van der Waals surface area contributed by atoms with Crippen molar-refractivity contribution in [3.05, 3.63) is 29.6 Å². The third-order valence-corrected chi connectivity index (χ3v) is 2.62. The molecular formula is C12H14F2N4. The van der Waals surface area contributed by atoms with Gasteiger partial charge < -0.3 is 5.73 Å². The molecule has 2 aromatic rings. The molecule has 2 N–H and O–H groups in total. The number of anilines is 1. The summed E-state index contributed by atoms with van der Waals surface area (Å²) in [6.07, 6.45) is 0. The van der Waals surface area contributed by atoms with Gasteiger partial charge in [0.1, 0.15) is 11.6 Å². The zero-order valence-electron chi connectivity index (χ0n) is 10.4. The van der Waals surface area contributed by atoms with E-state index >= 15 is 0 Å². The quantitative estimate of drug-likeness (QED) is 0.835. The lowest BCUT2D eigenvalue weighted by atomic mass is 10.1. The van der Waals surface area contributed by atoms with Crippen LogP contribution in [0.25, 0.3) is 11.4 Å². The van der Waals surface area contributed by atoms with Crippen LogP contribution in [0, 0.1) is 11.6 Å². The van der Waals surface area contributed by atoms with Crippen molar-refractivity contribution in [3.8, 4) is 11.4 Å². The Bertz CT molecular complexity index is 590. The summed E-state index contributed by atoms with van der Waals surface area (Å²) in [7, 11) is 1.66. The molecular weight excluding hydrogens is 238 g/mol. The van der Waals surface area contributed by atoms with Crippen LogP contribution in [0.1, 0.15) is 25.6 Å². The molecule has 0 spiro atoms. The Morgan fingerprint density at radius 3 is 2.44 bits per heavy atom. The molecule has 1 aromatic carbocycles. The molecule has 0 aliphatic rings. The summed E-state index contributed by atoms with van der Waals surface area (Å²) >= 11 is 0. The van der Waals surface area contributed by atoms with Crippen molar-refractivity contribution in [1.82, 2.24) is 14.8 Å². The van der Waals surface area contributed by atoms with Gasteiger partial charge >= 0.3 is 0 Å². The number of nitrogens with two attached hydrogens (primary N) is 1. The number of hydrogen-bond acceptors (Lipinski definition) is 3. The second kappa shape index (κ2) is 4.36. The van der Waals surface area contributed by atoms with E-state index < -0.39 is 11.6 Å². The molecule has 2 rings (SSSR count). The van der Waals surface area contributed by atoms with Crippen molar-refractivity contribution in [2.24, 2.45) is 7.05 Å². The molecule has 0 bridgehead atoms. The van der Waals surface area contributed by atoms with Crippen LogP contribution < -0.4 is 5.73 Å². The molecule has 0 radical (unpaired) electrons. The van der Waals surface area contributed by atoms with Gasteiger partial charge in [0.15, 0.2) is 11.6 Å². The lowest BCUT2D eigenvalue weighted by Gasteiger charge is -2.04. The van der Waals surface area contributed by atoms with Crippen LogP contribution in [-0.2, 0) is 7.05 Å². The standard InChI is InChI=1S/C12H14F2N4/c1-6(2)11-16-12(18(3)17-11)7-4-10(15)9(14)5-8(7)13/h4-6H,15H2,1-3H3. The second-order valence-corrected chi connectivity index (χ2v) is 4.43. The Hall–Kier alpha value is -1.98. The number of rotatable bonds is 2. The Morgan fingerprint density at radius 1 is 1.22 bits per heavy atom. The van der Waals surface area contributed by atoms with Gasteiger partial charge in [-0.1, -0.05) is 13.8 Å². The maximum atomic E-state index is 13.7. The van der Waals surface area contributed by atoms with Crippen LogP contribution in [0.3, 0.4) is 0 Å². The summed E-state index contributed by atoms with van der Waals surface area (Å²) < 4.78 is 28.3. The molecule has 96 valence electrons. The fourth-order valence-electron chi connectivity index (χ4n) is 1.62. The Balaban J connectivity index is 2.58. The predicted octanol–water partition coefficient (Wildman–Crippen LogP) is 2.47. The first-order valence-corrected chi connectivity index (χ1v) is 5.56. The Morgan fingerprint density at radius 2 is 1.89 bits per heavy atom. The third-order valence-electron chi connectivity index (χ3n) is 2.62. The van der Waals surface area contributed by atoms with Crippen LogP contribution in [-0.4, -0.2) is 14.8 Å². The summed E-state index contributed by atoms with van der Waals surface area (Å²) in [4.78, 5) is 4.24. The lowest BCUT2D eigenvalue weighted by molar-refractivity contribution is 0.586. The summed E-state index contributed by atoms with van der Waals surface area (Å²) in [5.74, 6) is -0.404. The van der Waals surface area contributed by atoms with E-state index in [1.807, 2.05) is 13.8 Å². The average molecular weight is 252 g/mol. The number of aromatic nitrogens is 3. The van der Waals surface area contributed by atoms with E-state index in [1.165, 1.54) is 10.7 Å². The molecule has 1 heterocycles. The normalized spacial score (nSPS) is 11.2. The molecule has 0 amide bonds. The van der Waals surface area contributed by atoms with E-state index in [2.05, 4.69) is 10.1 Å².